The molecule has 0 aliphatic heterocycles. The fourth-order valence-corrected chi connectivity index (χ4v) is 1.31. The molecule has 1 atom stereocenters. The van der Waals surface area contributed by atoms with Gasteiger partial charge in [-0.3, -0.25) is 4.79 Å². The van der Waals surface area contributed by atoms with Crippen LogP contribution in [0.25, 0.3) is 0 Å². The van der Waals surface area contributed by atoms with Crippen LogP contribution in [0.2, 0.25) is 0 Å². The fourth-order valence-electron chi connectivity index (χ4n) is 1.31. The first-order valence-electron chi connectivity index (χ1n) is 6.21. The average molecular weight is 229 g/mol. The van der Waals surface area contributed by atoms with Gasteiger partial charge in [0.15, 0.2) is 0 Å². The van der Waals surface area contributed by atoms with Gasteiger partial charge in [-0.2, -0.15) is 0 Å². The number of hydrogen-bond acceptors (Lipinski definition) is 3. The van der Waals surface area contributed by atoms with Crippen LogP contribution in [0.15, 0.2) is 0 Å². The van der Waals surface area contributed by atoms with E-state index >= 15 is 0 Å². The maximum atomic E-state index is 11.4. The van der Waals surface area contributed by atoms with Gasteiger partial charge in [-0.05, 0) is 53.4 Å². The van der Waals surface area contributed by atoms with Gasteiger partial charge >= 0.3 is 0 Å². The molecule has 4 nitrogen and oxygen atoms in total. The van der Waals surface area contributed by atoms with Crippen LogP contribution in [-0.2, 0) is 4.79 Å². The van der Waals surface area contributed by atoms with E-state index in [4.69, 9.17) is 0 Å². The summed E-state index contributed by atoms with van der Waals surface area (Å²) in [5.41, 5.74) is 0. The van der Waals surface area contributed by atoms with Gasteiger partial charge in [0.1, 0.15) is 0 Å². The van der Waals surface area contributed by atoms with E-state index in [0.29, 0.717) is 6.54 Å². The summed E-state index contributed by atoms with van der Waals surface area (Å²) in [5.74, 6) is 0.0990. The van der Waals surface area contributed by atoms with Crippen LogP contribution in [-0.4, -0.2) is 50.6 Å². The quantitative estimate of drug-likeness (QED) is 0.576. The molecule has 0 spiro atoms. The Morgan fingerprint density at radius 3 is 2.56 bits per heavy atom. The van der Waals surface area contributed by atoms with Crippen molar-refractivity contribution < 1.29 is 4.79 Å². The van der Waals surface area contributed by atoms with Gasteiger partial charge in [0.05, 0.1) is 6.54 Å². The number of nitrogens with zero attached hydrogens (tertiary/aromatic N) is 1. The van der Waals surface area contributed by atoms with Crippen molar-refractivity contribution in [1.82, 2.24) is 15.5 Å². The Kier molecular flexibility index (Phi) is 9.24. The molecule has 0 aromatic heterocycles. The highest BCUT2D eigenvalue weighted by atomic mass is 16.1. The number of nitrogens with one attached hydrogen (secondary N) is 2. The molecular formula is C12H27N3O. The first-order chi connectivity index (χ1) is 7.56. The Morgan fingerprint density at radius 2 is 2.00 bits per heavy atom. The molecule has 0 heterocycles. The van der Waals surface area contributed by atoms with Crippen molar-refractivity contribution in [2.45, 2.75) is 39.2 Å². The summed E-state index contributed by atoms with van der Waals surface area (Å²) in [4.78, 5) is 13.5. The number of rotatable bonds is 9. The predicted molar refractivity (Wildman–Crippen MR) is 68.6 cm³/mol. The topological polar surface area (TPSA) is 44.4 Å². The smallest absolute Gasteiger partial charge is 0.234 e. The maximum absolute atomic E-state index is 11.4. The molecule has 0 saturated carbocycles. The Balaban J connectivity index is 3.28. The van der Waals surface area contributed by atoms with Crippen LogP contribution >= 0.6 is 0 Å². The van der Waals surface area contributed by atoms with Gasteiger partial charge in [0.2, 0.25) is 5.91 Å². The first-order valence-corrected chi connectivity index (χ1v) is 6.21. The van der Waals surface area contributed by atoms with Crippen LogP contribution in [0.3, 0.4) is 0 Å². The lowest BCUT2D eigenvalue weighted by Crippen LogP contribution is -2.39. The zero-order valence-electron chi connectivity index (χ0n) is 11.2. The minimum absolute atomic E-state index is 0.0990. The van der Waals surface area contributed by atoms with E-state index in [1.807, 2.05) is 6.92 Å². The van der Waals surface area contributed by atoms with E-state index in [-0.39, 0.29) is 11.9 Å². The third kappa shape index (κ3) is 9.93. The van der Waals surface area contributed by atoms with Gasteiger partial charge in [-0.1, -0.05) is 6.92 Å². The van der Waals surface area contributed by atoms with Gasteiger partial charge in [-0.25, -0.2) is 0 Å². The largest absolute Gasteiger partial charge is 0.353 e. The van der Waals surface area contributed by atoms with Crippen molar-refractivity contribution in [3.05, 3.63) is 0 Å². The van der Waals surface area contributed by atoms with E-state index in [0.717, 1.165) is 25.9 Å². The second-order valence-corrected chi connectivity index (χ2v) is 4.56. The van der Waals surface area contributed by atoms with Crippen molar-refractivity contribution in [2.75, 3.05) is 33.7 Å². The zero-order valence-corrected chi connectivity index (χ0v) is 11.2. The lowest BCUT2D eigenvalue weighted by molar-refractivity contribution is -0.120. The molecule has 0 rings (SSSR count). The predicted octanol–water partition coefficient (Wildman–Crippen LogP) is 0.833. The summed E-state index contributed by atoms with van der Waals surface area (Å²) in [6.07, 6.45) is 3.27. The number of carbonyl (C=O) groups excluding carboxylic acids is 1. The van der Waals surface area contributed by atoms with Crippen LogP contribution in [0, 0.1) is 0 Å². The molecule has 0 aliphatic rings. The monoisotopic (exact) mass is 229 g/mol. The SMILES string of the molecule is CCC(C)NC(=O)CNCCCCN(C)C. The van der Waals surface area contributed by atoms with E-state index in [1.165, 1.54) is 6.42 Å². The molecule has 2 N–H and O–H groups in total. The summed E-state index contributed by atoms with van der Waals surface area (Å²) >= 11 is 0. The summed E-state index contributed by atoms with van der Waals surface area (Å²) < 4.78 is 0. The minimum Gasteiger partial charge on any atom is -0.353 e. The standard InChI is InChI=1S/C12H27N3O/c1-5-11(2)14-12(16)10-13-8-6-7-9-15(3)4/h11,13H,5-10H2,1-4H3,(H,14,16). The lowest BCUT2D eigenvalue weighted by Gasteiger charge is -2.12. The van der Waals surface area contributed by atoms with Crippen LogP contribution in [0.5, 0.6) is 0 Å². The van der Waals surface area contributed by atoms with Crippen molar-refractivity contribution in [3.8, 4) is 0 Å². The molecule has 0 bridgehead atoms. The zero-order chi connectivity index (χ0) is 12.4. The highest BCUT2D eigenvalue weighted by molar-refractivity contribution is 5.78. The molecule has 0 aliphatic carbocycles. The highest BCUT2D eigenvalue weighted by Gasteiger charge is 2.03. The number of unbranched alkanes of at least 4 members (excludes halogenated alkanes) is 1. The van der Waals surface area contributed by atoms with E-state index in [9.17, 15) is 4.79 Å². The van der Waals surface area contributed by atoms with Crippen LogP contribution in [0.4, 0.5) is 0 Å². The van der Waals surface area contributed by atoms with Crippen LogP contribution in [0.1, 0.15) is 33.1 Å². The first kappa shape index (κ1) is 15.4. The third-order valence-electron chi connectivity index (χ3n) is 2.51. The van der Waals surface area contributed by atoms with Crippen molar-refractivity contribution in [1.29, 1.82) is 0 Å². The Labute approximate surface area is 99.8 Å². The molecule has 0 radical (unpaired) electrons. The molecule has 1 unspecified atom stereocenters. The normalized spacial score (nSPS) is 12.8. The van der Waals surface area contributed by atoms with E-state index in [2.05, 4.69) is 36.6 Å². The second-order valence-electron chi connectivity index (χ2n) is 4.56. The number of carbonyl (C=O) groups is 1. The molecule has 0 aromatic rings. The van der Waals surface area contributed by atoms with Crippen molar-refractivity contribution in [2.24, 2.45) is 0 Å². The van der Waals surface area contributed by atoms with Gasteiger partial charge in [-0.15, -0.1) is 0 Å². The number of hydrogen-bond donors (Lipinski definition) is 2. The Bertz CT molecular complexity index is 183. The van der Waals surface area contributed by atoms with Crippen molar-refractivity contribution in [3.63, 3.8) is 0 Å². The third-order valence-corrected chi connectivity index (χ3v) is 2.51. The maximum Gasteiger partial charge on any atom is 0.234 e. The molecule has 96 valence electrons. The average Bonchev–Trinajstić information content (AvgIpc) is 2.22. The summed E-state index contributed by atoms with van der Waals surface area (Å²) in [5, 5.41) is 6.09. The van der Waals surface area contributed by atoms with Gasteiger partial charge in [0, 0.05) is 6.04 Å². The summed E-state index contributed by atoms with van der Waals surface area (Å²) in [7, 11) is 4.15. The fraction of sp³-hybridized carbons (Fsp3) is 0.917. The molecule has 1 amide bonds. The Morgan fingerprint density at radius 1 is 1.31 bits per heavy atom. The molecular weight excluding hydrogens is 202 g/mol. The lowest BCUT2D eigenvalue weighted by atomic mass is 10.2. The summed E-state index contributed by atoms with van der Waals surface area (Å²) in [6, 6.07) is 0.281. The van der Waals surface area contributed by atoms with Gasteiger partial charge in [0.25, 0.3) is 0 Å². The minimum atomic E-state index is 0.0990. The van der Waals surface area contributed by atoms with Gasteiger partial charge < -0.3 is 15.5 Å². The molecule has 0 saturated heterocycles. The summed E-state index contributed by atoms with van der Waals surface area (Å²) in [6.45, 7) is 6.56. The number of amides is 1. The van der Waals surface area contributed by atoms with E-state index in [1.54, 1.807) is 0 Å². The van der Waals surface area contributed by atoms with Crippen molar-refractivity contribution >= 4 is 5.91 Å². The molecule has 16 heavy (non-hydrogen) atoms. The highest BCUT2D eigenvalue weighted by Crippen LogP contribution is 1.89. The molecule has 4 heteroatoms. The molecule has 0 fully saturated rings. The van der Waals surface area contributed by atoms with E-state index < -0.39 is 0 Å². The Hall–Kier alpha value is -0.610. The molecule has 0 aromatic carbocycles. The second kappa shape index (κ2) is 9.60. The van der Waals surface area contributed by atoms with Crippen LogP contribution < -0.4 is 10.6 Å².